The van der Waals surface area contributed by atoms with Crippen molar-refractivity contribution in [2.45, 2.75) is 52.1 Å². The lowest BCUT2D eigenvalue weighted by Gasteiger charge is -2.12. The molecule has 0 aliphatic carbocycles. The van der Waals surface area contributed by atoms with Crippen LogP contribution in [0.2, 0.25) is 0 Å². The number of esters is 1. The molecular weight excluding hydrogens is 168 g/mol. The number of hydrogen-bond donors (Lipinski definition) is 0. The van der Waals surface area contributed by atoms with Crippen LogP contribution >= 0.6 is 0 Å². The van der Waals surface area contributed by atoms with E-state index in [0.29, 0.717) is 6.61 Å². The fourth-order valence-electron chi connectivity index (χ4n) is 0.868. The third kappa shape index (κ3) is 6.58. The lowest BCUT2D eigenvalue weighted by Crippen LogP contribution is -2.31. The summed E-state index contributed by atoms with van der Waals surface area (Å²) in [4.78, 5) is 11.0. The molecule has 3 nitrogen and oxygen atoms in total. The smallest absolute Gasteiger partial charge is 0.341 e. The number of hydrogen-bond acceptors (Lipinski definition) is 2. The highest BCUT2D eigenvalue weighted by atomic mass is 16.5. The van der Waals surface area contributed by atoms with E-state index in [4.69, 9.17) is 4.74 Å². The molecule has 0 spiro atoms. The highest BCUT2D eigenvalue weighted by molar-refractivity contribution is 5.77. The van der Waals surface area contributed by atoms with Gasteiger partial charge in [-0.3, -0.25) is 0 Å². The lowest BCUT2D eigenvalue weighted by atomic mass is 10.1. The van der Waals surface area contributed by atoms with Gasteiger partial charge in [0.2, 0.25) is 0 Å². The van der Waals surface area contributed by atoms with Crippen molar-refractivity contribution < 1.29 is 14.6 Å². The molecule has 77 valence electrons. The van der Waals surface area contributed by atoms with Gasteiger partial charge < -0.3 is 4.74 Å². The van der Waals surface area contributed by atoms with Gasteiger partial charge >= 0.3 is 5.97 Å². The number of ether oxygens (including phenoxy) is 1. The molecule has 0 atom stereocenters. The molecule has 0 fully saturated rings. The Labute approximate surface area is 80.1 Å². The maximum atomic E-state index is 11.0. The van der Waals surface area contributed by atoms with Gasteiger partial charge in [-0.05, 0) is 20.3 Å². The van der Waals surface area contributed by atoms with Crippen molar-refractivity contribution in [3.8, 4) is 0 Å². The van der Waals surface area contributed by atoms with E-state index >= 15 is 0 Å². The molecule has 13 heavy (non-hydrogen) atoms. The van der Waals surface area contributed by atoms with Gasteiger partial charge in [-0.1, -0.05) is 26.2 Å². The quantitative estimate of drug-likeness (QED) is 0.473. The molecule has 1 radical (unpaired) electrons. The van der Waals surface area contributed by atoms with E-state index in [1.807, 2.05) is 0 Å². The first-order valence-corrected chi connectivity index (χ1v) is 4.86. The van der Waals surface area contributed by atoms with Crippen molar-refractivity contribution in [1.82, 2.24) is 0 Å². The first-order chi connectivity index (χ1) is 5.98. The molecule has 0 bridgehead atoms. The van der Waals surface area contributed by atoms with E-state index in [0.717, 1.165) is 25.7 Å². The molecule has 0 N–H and O–H groups in total. The predicted octanol–water partition coefficient (Wildman–Crippen LogP) is 2.32. The second-order valence-electron chi connectivity index (χ2n) is 3.71. The fraction of sp³-hybridized carbons (Fsp3) is 0.900. The molecule has 0 rings (SSSR count). The minimum atomic E-state index is -1.61. The Balaban J connectivity index is 3.38. The Morgan fingerprint density at radius 3 is 2.31 bits per heavy atom. The summed E-state index contributed by atoms with van der Waals surface area (Å²) in [5.74, 6) is -0.649. The summed E-state index contributed by atoms with van der Waals surface area (Å²) in [7, 11) is 0. The van der Waals surface area contributed by atoms with Crippen LogP contribution in [0.1, 0.15) is 46.5 Å². The SMILES string of the molecule is CCCCCCOC(=O)C(C)(C)[O]. The van der Waals surface area contributed by atoms with Gasteiger partial charge in [-0.2, -0.15) is 0 Å². The minimum absolute atomic E-state index is 0.379. The summed E-state index contributed by atoms with van der Waals surface area (Å²) in [6.45, 7) is 5.14. The Hall–Kier alpha value is -0.570. The minimum Gasteiger partial charge on any atom is -0.463 e. The second-order valence-corrected chi connectivity index (χ2v) is 3.71. The van der Waals surface area contributed by atoms with E-state index < -0.39 is 11.6 Å². The Kier molecular flexibility index (Phi) is 5.71. The van der Waals surface area contributed by atoms with Crippen LogP contribution in [-0.2, 0) is 14.6 Å². The average Bonchev–Trinajstić information content (AvgIpc) is 2.02. The lowest BCUT2D eigenvalue weighted by molar-refractivity contribution is -0.168. The summed E-state index contributed by atoms with van der Waals surface area (Å²) >= 11 is 0. The molecule has 0 amide bonds. The highest BCUT2D eigenvalue weighted by Gasteiger charge is 2.27. The van der Waals surface area contributed by atoms with Crippen molar-refractivity contribution >= 4 is 5.97 Å². The average molecular weight is 187 g/mol. The standard InChI is InChI=1S/C10H19O3/c1-4-5-6-7-8-13-9(11)10(2,3)12/h4-8H2,1-3H3. The Bertz CT molecular complexity index is 147. The maximum Gasteiger partial charge on any atom is 0.341 e. The number of carbonyl (C=O) groups excluding carboxylic acids is 1. The van der Waals surface area contributed by atoms with Crippen molar-refractivity contribution in [3.63, 3.8) is 0 Å². The largest absolute Gasteiger partial charge is 0.463 e. The summed E-state index contributed by atoms with van der Waals surface area (Å²) in [5.41, 5.74) is -1.61. The number of rotatable bonds is 6. The van der Waals surface area contributed by atoms with Crippen LogP contribution in [0.3, 0.4) is 0 Å². The van der Waals surface area contributed by atoms with Crippen LogP contribution in [0.5, 0.6) is 0 Å². The van der Waals surface area contributed by atoms with Gasteiger partial charge in [-0.15, -0.1) is 0 Å². The number of unbranched alkanes of at least 4 members (excludes halogenated alkanes) is 3. The Morgan fingerprint density at radius 2 is 1.85 bits per heavy atom. The van der Waals surface area contributed by atoms with E-state index in [9.17, 15) is 9.90 Å². The second kappa shape index (κ2) is 5.97. The van der Waals surface area contributed by atoms with E-state index in [1.165, 1.54) is 13.8 Å². The molecule has 0 aliphatic rings. The van der Waals surface area contributed by atoms with Crippen LogP contribution in [0.15, 0.2) is 0 Å². The summed E-state index contributed by atoms with van der Waals surface area (Å²) in [6.07, 6.45) is 4.22. The summed E-state index contributed by atoms with van der Waals surface area (Å²) < 4.78 is 4.80. The zero-order valence-electron chi connectivity index (χ0n) is 8.76. The van der Waals surface area contributed by atoms with Crippen LogP contribution < -0.4 is 0 Å². The molecule has 3 heteroatoms. The molecule has 0 aromatic carbocycles. The Morgan fingerprint density at radius 1 is 1.23 bits per heavy atom. The fourth-order valence-corrected chi connectivity index (χ4v) is 0.868. The normalized spacial score (nSPS) is 11.4. The molecule has 0 aromatic heterocycles. The van der Waals surface area contributed by atoms with Gasteiger partial charge in [0.15, 0.2) is 5.60 Å². The third-order valence-electron chi connectivity index (χ3n) is 1.72. The first-order valence-electron chi connectivity index (χ1n) is 4.86. The summed E-state index contributed by atoms with van der Waals surface area (Å²) in [5, 5.41) is 11.0. The van der Waals surface area contributed by atoms with Crippen LogP contribution in [-0.4, -0.2) is 18.2 Å². The van der Waals surface area contributed by atoms with Gasteiger partial charge in [0.05, 0.1) is 6.61 Å². The van der Waals surface area contributed by atoms with Gasteiger partial charge in [-0.25, -0.2) is 9.90 Å². The van der Waals surface area contributed by atoms with Crippen molar-refractivity contribution in [2.75, 3.05) is 6.61 Å². The molecule has 0 unspecified atom stereocenters. The zero-order chi connectivity index (χ0) is 10.3. The van der Waals surface area contributed by atoms with E-state index in [-0.39, 0.29) is 0 Å². The van der Waals surface area contributed by atoms with Gasteiger partial charge in [0.25, 0.3) is 0 Å². The molecule has 0 saturated carbocycles. The molecule has 0 aliphatic heterocycles. The van der Waals surface area contributed by atoms with Crippen LogP contribution in [0.4, 0.5) is 0 Å². The van der Waals surface area contributed by atoms with E-state index in [1.54, 1.807) is 0 Å². The maximum absolute atomic E-state index is 11.0. The summed E-state index contributed by atoms with van der Waals surface area (Å²) in [6, 6.07) is 0. The number of carbonyl (C=O) groups is 1. The molecule has 0 heterocycles. The van der Waals surface area contributed by atoms with Gasteiger partial charge in [0, 0.05) is 0 Å². The molecule has 0 saturated heterocycles. The molecule has 0 aromatic rings. The first kappa shape index (κ1) is 12.4. The van der Waals surface area contributed by atoms with Crippen LogP contribution in [0, 0.1) is 0 Å². The third-order valence-corrected chi connectivity index (χ3v) is 1.72. The van der Waals surface area contributed by atoms with Crippen molar-refractivity contribution in [1.29, 1.82) is 0 Å². The predicted molar refractivity (Wildman–Crippen MR) is 49.9 cm³/mol. The topological polar surface area (TPSA) is 46.2 Å². The van der Waals surface area contributed by atoms with E-state index in [2.05, 4.69) is 6.92 Å². The zero-order valence-corrected chi connectivity index (χ0v) is 8.76. The van der Waals surface area contributed by atoms with Crippen molar-refractivity contribution in [2.24, 2.45) is 0 Å². The van der Waals surface area contributed by atoms with Gasteiger partial charge in [0.1, 0.15) is 0 Å². The molecular formula is C10H19O3. The highest BCUT2D eigenvalue weighted by Crippen LogP contribution is 2.06. The van der Waals surface area contributed by atoms with Crippen molar-refractivity contribution in [3.05, 3.63) is 0 Å². The monoisotopic (exact) mass is 187 g/mol. The van der Waals surface area contributed by atoms with Crippen LogP contribution in [0.25, 0.3) is 0 Å².